The second kappa shape index (κ2) is 8.18. The average Bonchev–Trinajstić information content (AvgIpc) is 2.81. The number of nitrogens with zero attached hydrogens (tertiary/aromatic N) is 2. The number of halogens is 2. The van der Waals surface area contributed by atoms with E-state index < -0.39 is 18.0 Å². The number of rotatable bonds is 6. The normalized spacial score (nSPS) is 12.3. The van der Waals surface area contributed by atoms with Crippen LogP contribution in [0, 0.1) is 6.92 Å². The fourth-order valence-corrected chi connectivity index (χ4v) is 2.47. The Hall–Kier alpha value is -2.31. The number of primary amides is 1. The Labute approximate surface area is 155 Å². The predicted octanol–water partition coefficient (Wildman–Crippen LogP) is 2.98. The van der Waals surface area contributed by atoms with Gasteiger partial charge in [-0.1, -0.05) is 35.3 Å². The number of benzene rings is 1. The van der Waals surface area contributed by atoms with Gasteiger partial charge in [-0.2, -0.15) is 5.10 Å². The van der Waals surface area contributed by atoms with Crippen LogP contribution in [0.3, 0.4) is 0 Å². The van der Waals surface area contributed by atoms with E-state index in [0.29, 0.717) is 28.0 Å². The first-order valence-electron chi connectivity index (χ1n) is 7.43. The molecule has 0 aliphatic heterocycles. The number of nitrogens with two attached hydrogens (primary N) is 1. The van der Waals surface area contributed by atoms with Gasteiger partial charge in [-0.25, -0.2) is 9.48 Å². The van der Waals surface area contributed by atoms with Crippen LogP contribution in [0.1, 0.15) is 23.7 Å². The molecular weight excluding hydrogens is 365 g/mol. The van der Waals surface area contributed by atoms with E-state index in [4.69, 9.17) is 33.7 Å². The van der Waals surface area contributed by atoms with E-state index in [0.717, 1.165) is 5.56 Å². The van der Waals surface area contributed by atoms with E-state index in [1.807, 2.05) is 12.1 Å². The average molecular weight is 382 g/mol. The maximum atomic E-state index is 11.7. The molecule has 0 saturated carbocycles. The highest BCUT2D eigenvalue weighted by atomic mass is 35.5. The zero-order valence-corrected chi connectivity index (χ0v) is 15.2. The molecule has 1 aromatic heterocycles. The molecule has 1 amide bonds. The summed E-state index contributed by atoms with van der Waals surface area (Å²) in [5.41, 5.74) is 7.28. The fourth-order valence-electron chi connectivity index (χ4n) is 2.05. The smallest absolute Gasteiger partial charge is 0.331 e. The van der Waals surface area contributed by atoms with Gasteiger partial charge >= 0.3 is 5.97 Å². The molecule has 2 aromatic rings. The minimum Gasteiger partial charge on any atom is -0.449 e. The van der Waals surface area contributed by atoms with Crippen molar-refractivity contribution in [2.45, 2.75) is 26.5 Å². The van der Waals surface area contributed by atoms with Crippen LogP contribution in [0.5, 0.6) is 0 Å². The van der Waals surface area contributed by atoms with Gasteiger partial charge in [0.05, 0.1) is 12.2 Å². The Bertz CT molecular complexity index is 813. The zero-order chi connectivity index (χ0) is 18.6. The van der Waals surface area contributed by atoms with Crippen molar-refractivity contribution in [1.29, 1.82) is 0 Å². The van der Waals surface area contributed by atoms with Crippen LogP contribution in [0.15, 0.2) is 30.3 Å². The van der Waals surface area contributed by atoms with E-state index in [-0.39, 0.29) is 0 Å². The Morgan fingerprint density at radius 3 is 2.56 bits per heavy atom. The molecule has 25 heavy (non-hydrogen) atoms. The standard InChI is InChI=1S/C17H17Cl2N3O3/c1-10-14(7-8-15(23)25-11(2)17(20)24)16(19)22(21-10)9-12-3-5-13(18)6-4-12/h3-8,11H,9H2,1-2H3,(H2,20,24)/b8-7+/t11-/m1/s1. The van der Waals surface area contributed by atoms with E-state index in [9.17, 15) is 9.59 Å². The number of carbonyl (C=O) groups excluding carboxylic acids is 2. The summed E-state index contributed by atoms with van der Waals surface area (Å²) in [6.07, 6.45) is 1.68. The van der Waals surface area contributed by atoms with Gasteiger partial charge in [-0.05, 0) is 37.6 Å². The fraction of sp³-hybridized carbons (Fsp3) is 0.235. The Morgan fingerprint density at radius 1 is 1.32 bits per heavy atom. The van der Waals surface area contributed by atoms with E-state index in [2.05, 4.69) is 5.10 Å². The summed E-state index contributed by atoms with van der Waals surface area (Å²) < 4.78 is 6.47. The van der Waals surface area contributed by atoms with Gasteiger partial charge in [-0.15, -0.1) is 0 Å². The lowest BCUT2D eigenvalue weighted by atomic mass is 10.2. The molecule has 0 fully saturated rings. The number of aromatic nitrogens is 2. The zero-order valence-electron chi connectivity index (χ0n) is 13.7. The maximum absolute atomic E-state index is 11.7. The highest BCUT2D eigenvalue weighted by molar-refractivity contribution is 6.31. The molecule has 132 valence electrons. The van der Waals surface area contributed by atoms with Crippen molar-refractivity contribution >= 4 is 41.2 Å². The van der Waals surface area contributed by atoms with Crippen molar-refractivity contribution in [3.63, 3.8) is 0 Å². The van der Waals surface area contributed by atoms with Gasteiger partial charge in [0, 0.05) is 16.7 Å². The number of amides is 1. The summed E-state index contributed by atoms with van der Waals surface area (Å²) >= 11 is 12.2. The summed E-state index contributed by atoms with van der Waals surface area (Å²) in [5, 5.41) is 5.41. The third kappa shape index (κ3) is 5.08. The number of ether oxygens (including phenoxy) is 1. The molecule has 2 N–H and O–H groups in total. The van der Waals surface area contributed by atoms with Crippen LogP contribution >= 0.6 is 23.2 Å². The molecule has 0 spiro atoms. The number of hydrogen-bond donors (Lipinski definition) is 1. The monoisotopic (exact) mass is 381 g/mol. The first-order chi connectivity index (χ1) is 11.8. The summed E-state index contributed by atoms with van der Waals surface area (Å²) in [4.78, 5) is 22.6. The molecule has 2 rings (SSSR count). The van der Waals surface area contributed by atoms with E-state index in [1.54, 1.807) is 23.7 Å². The van der Waals surface area contributed by atoms with Crippen LogP contribution in [0.2, 0.25) is 10.2 Å². The summed E-state index contributed by atoms with van der Waals surface area (Å²) in [5.74, 6) is -1.40. The van der Waals surface area contributed by atoms with Crippen molar-refractivity contribution in [2.75, 3.05) is 0 Å². The van der Waals surface area contributed by atoms with Crippen molar-refractivity contribution in [3.8, 4) is 0 Å². The molecule has 0 unspecified atom stereocenters. The van der Waals surface area contributed by atoms with Crippen molar-refractivity contribution in [3.05, 3.63) is 57.3 Å². The first-order valence-corrected chi connectivity index (χ1v) is 8.19. The Balaban J connectivity index is 2.13. The number of carbonyl (C=O) groups is 2. The first kappa shape index (κ1) is 19.0. The van der Waals surface area contributed by atoms with Gasteiger partial charge in [-0.3, -0.25) is 4.79 Å². The third-order valence-electron chi connectivity index (χ3n) is 3.43. The topological polar surface area (TPSA) is 87.2 Å². The quantitative estimate of drug-likeness (QED) is 0.615. The molecule has 0 saturated heterocycles. The van der Waals surface area contributed by atoms with Gasteiger partial charge < -0.3 is 10.5 Å². The van der Waals surface area contributed by atoms with Crippen LogP contribution in [0.25, 0.3) is 6.08 Å². The Morgan fingerprint density at radius 2 is 1.96 bits per heavy atom. The van der Waals surface area contributed by atoms with Gasteiger partial charge in [0.2, 0.25) is 0 Å². The van der Waals surface area contributed by atoms with Crippen molar-refractivity contribution < 1.29 is 14.3 Å². The summed E-state index contributed by atoms with van der Waals surface area (Å²) in [6.45, 7) is 3.64. The lowest BCUT2D eigenvalue weighted by molar-refractivity contribution is -0.148. The maximum Gasteiger partial charge on any atom is 0.331 e. The molecule has 1 atom stereocenters. The SMILES string of the molecule is Cc1nn(Cc2ccc(Cl)cc2)c(Cl)c1/C=C/C(=O)O[C@H](C)C(N)=O. The molecule has 0 aliphatic rings. The largest absolute Gasteiger partial charge is 0.449 e. The Kier molecular flexibility index (Phi) is 6.22. The number of aryl methyl sites for hydroxylation is 1. The molecule has 1 heterocycles. The highest BCUT2D eigenvalue weighted by Gasteiger charge is 2.14. The molecule has 0 radical (unpaired) electrons. The number of esters is 1. The minimum atomic E-state index is -0.999. The number of hydrogen-bond acceptors (Lipinski definition) is 4. The lowest BCUT2D eigenvalue weighted by Gasteiger charge is -2.06. The van der Waals surface area contributed by atoms with E-state index in [1.165, 1.54) is 19.1 Å². The van der Waals surface area contributed by atoms with Crippen LogP contribution in [0.4, 0.5) is 0 Å². The highest BCUT2D eigenvalue weighted by Crippen LogP contribution is 2.22. The van der Waals surface area contributed by atoms with Crippen LogP contribution in [-0.2, 0) is 20.9 Å². The molecule has 1 aromatic carbocycles. The summed E-state index contributed by atoms with van der Waals surface area (Å²) in [7, 11) is 0. The lowest BCUT2D eigenvalue weighted by Crippen LogP contribution is -2.29. The van der Waals surface area contributed by atoms with Gasteiger partial charge in [0.1, 0.15) is 5.15 Å². The van der Waals surface area contributed by atoms with Crippen molar-refractivity contribution in [2.24, 2.45) is 5.73 Å². The molecule has 0 bridgehead atoms. The minimum absolute atomic E-state index is 0.388. The molecule has 6 nitrogen and oxygen atoms in total. The molecule has 0 aliphatic carbocycles. The predicted molar refractivity (Wildman–Crippen MR) is 96.3 cm³/mol. The van der Waals surface area contributed by atoms with Crippen LogP contribution < -0.4 is 5.73 Å². The second-order valence-electron chi connectivity index (χ2n) is 5.39. The molecular formula is C17H17Cl2N3O3. The van der Waals surface area contributed by atoms with Crippen LogP contribution in [-0.4, -0.2) is 27.8 Å². The van der Waals surface area contributed by atoms with Gasteiger partial charge in [0.25, 0.3) is 5.91 Å². The second-order valence-corrected chi connectivity index (χ2v) is 6.18. The third-order valence-corrected chi connectivity index (χ3v) is 4.09. The van der Waals surface area contributed by atoms with Crippen molar-refractivity contribution in [1.82, 2.24) is 9.78 Å². The molecule has 8 heteroatoms. The summed E-state index contributed by atoms with van der Waals surface area (Å²) in [6, 6.07) is 7.34. The van der Waals surface area contributed by atoms with Gasteiger partial charge in [0.15, 0.2) is 6.10 Å². The van der Waals surface area contributed by atoms with E-state index >= 15 is 0 Å².